The van der Waals surface area contributed by atoms with E-state index < -0.39 is 0 Å². The lowest BCUT2D eigenvalue weighted by atomic mass is 10.0. The highest BCUT2D eigenvalue weighted by Gasteiger charge is 2.21. The van der Waals surface area contributed by atoms with Crippen LogP contribution in [0.1, 0.15) is 23.4 Å². The summed E-state index contributed by atoms with van der Waals surface area (Å²) in [6.07, 6.45) is 4.11. The van der Waals surface area contributed by atoms with E-state index in [4.69, 9.17) is 11.6 Å². The van der Waals surface area contributed by atoms with Crippen LogP contribution in [0.5, 0.6) is 0 Å². The monoisotopic (exact) mass is 273 g/mol. The molecule has 0 atom stereocenters. The molecule has 2 heterocycles. The van der Waals surface area contributed by atoms with E-state index in [0.717, 1.165) is 36.6 Å². The summed E-state index contributed by atoms with van der Waals surface area (Å²) in [7, 11) is 0. The molecule has 1 aliphatic heterocycles. The molecule has 3 nitrogen and oxygen atoms in total. The van der Waals surface area contributed by atoms with Gasteiger partial charge in [0.1, 0.15) is 11.6 Å². The van der Waals surface area contributed by atoms with E-state index in [1.807, 2.05) is 13.1 Å². The smallest absolute Gasteiger partial charge is 0.141 e. The predicted molar refractivity (Wildman–Crippen MR) is 78.1 cm³/mol. The number of alkyl halides is 1. The summed E-state index contributed by atoms with van der Waals surface area (Å²) in [5, 5.41) is 0. The van der Waals surface area contributed by atoms with Crippen LogP contribution in [0.25, 0.3) is 0 Å². The molecule has 0 spiro atoms. The van der Waals surface area contributed by atoms with Gasteiger partial charge in [0.2, 0.25) is 0 Å². The van der Waals surface area contributed by atoms with Crippen LogP contribution < -0.4 is 4.90 Å². The molecule has 1 aromatic carbocycles. The Morgan fingerprint density at radius 3 is 3.00 bits per heavy atom. The number of fused-ring (bicyclic) bond motifs is 1. The van der Waals surface area contributed by atoms with Crippen LogP contribution in [0.4, 0.5) is 11.5 Å². The number of halogens is 1. The Labute approximate surface area is 118 Å². The SMILES string of the molecule is Cc1ncc(CCl)c(N2CCCc3ccccc32)n1. The Balaban J connectivity index is 2.11. The van der Waals surface area contributed by atoms with E-state index >= 15 is 0 Å². The average molecular weight is 274 g/mol. The molecule has 0 bridgehead atoms. The van der Waals surface area contributed by atoms with Crippen molar-refractivity contribution in [1.82, 2.24) is 9.97 Å². The Morgan fingerprint density at radius 2 is 2.16 bits per heavy atom. The fourth-order valence-electron chi connectivity index (χ4n) is 2.56. The van der Waals surface area contributed by atoms with E-state index in [1.165, 1.54) is 11.3 Å². The van der Waals surface area contributed by atoms with Crippen LogP contribution in [0.2, 0.25) is 0 Å². The number of hydrogen-bond donors (Lipinski definition) is 0. The van der Waals surface area contributed by atoms with Gasteiger partial charge < -0.3 is 4.90 Å². The van der Waals surface area contributed by atoms with Gasteiger partial charge in [0, 0.05) is 24.0 Å². The summed E-state index contributed by atoms with van der Waals surface area (Å²) < 4.78 is 0. The molecule has 19 heavy (non-hydrogen) atoms. The summed E-state index contributed by atoms with van der Waals surface area (Å²) in [6.45, 7) is 2.90. The molecule has 1 aromatic heterocycles. The van der Waals surface area contributed by atoms with Gasteiger partial charge in [-0.2, -0.15) is 0 Å². The second-order valence-corrected chi connectivity index (χ2v) is 5.05. The van der Waals surface area contributed by atoms with Crippen molar-refractivity contribution >= 4 is 23.1 Å². The van der Waals surface area contributed by atoms with Crippen molar-refractivity contribution in [2.24, 2.45) is 0 Å². The highest BCUT2D eigenvalue weighted by Crippen LogP contribution is 2.34. The second kappa shape index (κ2) is 5.17. The third-order valence-corrected chi connectivity index (χ3v) is 3.76. The average Bonchev–Trinajstić information content (AvgIpc) is 2.46. The molecule has 0 saturated heterocycles. The van der Waals surface area contributed by atoms with Gasteiger partial charge in [-0.3, -0.25) is 0 Å². The summed E-state index contributed by atoms with van der Waals surface area (Å²) in [5.74, 6) is 2.18. The molecule has 0 saturated carbocycles. The van der Waals surface area contributed by atoms with Crippen LogP contribution >= 0.6 is 11.6 Å². The van der Waals surface area contributed by atoms with Crippen LogP contribution in [-0.4, -0.2) is 16.5 Å². The first-order valence-corrected chi connectivity index (χ1v) is 7.07. The fourth-order valence-corrected chi connectivity index (χ4v) is 2.75. The fraction of sp³-hybridized carbons (Fsp3) is 0.333. The van der Waals surface area contributed by atoms with Gasteiger partial charge in [0.15, 0.2) is 0 Å². The summed E-state index contributed by atoms with van der Waals surface area (Å²) in [6, 6.07) is 8.52. The highest BCUT2D eigenvalue weighted by atomic mass is 35.5. The van der Waals surface area contributed by atoms with Gasteiger partial charge in [-0.25, -0.2) is 9.97 Å². The first kappa shape index (κ1) is 12.4. The first-order valence-electron chi connectivity index (χ1n) is 6.53. The van der Waals surface area contributed by atoms with Crippen molar-refractivity contribution < 1.29 is 0 Å². The molecule has 0 aliphatic carbocycles. The zero-order valence-electron chi connectivity index (χ0n) is 10.9. The molecular formula is C15H16ClN3. The Morgan fingerprint density at radius 1 is 1.32 bits per heavy atom. The second-order valence-electron chi connectivity index (χ2n) is 4.78. The molecule has 0 fully saturated rings. The maximum Gasteiger partial charge on any atom is 0.141 e. The van der Waals surface area contributed by atoms with Crippen molar-refractivity contribution in [2.75, 3.05) is 11.4 Å². The normalized spacial score (nSPS) is 14.3. The number of nitrogens with zero attached hydrogens (tertiary/aromatic N) is 3. The third kappa shape index (κ3) is 2.30. The molecule has 1 aliphatic rings. The highest BCUT2D eigenvalue weighted by molar-refractivity contribution is 6.17. The largest absolute Gasteiger partial charge is 0.326 e. The maximum atomic E-state index is 6.02. The molecule has 0 unspecified atom stereocenters. The van der Waals surface area contributed by atoms with Gasteiger partial charge in [-0.1, -0.05) is 18.2 Å². The minimum Gasteiger partial charge on any atom is -0.326 e. The molecule has 98 valence electrons. The zero-order valence-corrected chi connectivity index (χ0v) is 11.7. The quantitative estimate of drug-likeness (QED) is 0.783. The van der Waals surface area contributed by atoms with Crippen molar-refractivity contribution in [3.8, 4) is 0 Å². The van der Waals surface area contributed by atoms with E-state index in [2.05, 4.69) is 39.1 Å². The van der Waals surface area contributed by atoms with Crippen molar-refractivity contribution in [2.45, 2.75) is 25.6 Å². The topological polar surface area (TPSA) is 29.0 Å². The summed E-state index contributed by atoms with van der Waals surface area (Å²) >= 11 is 6.02. The van der Waals surface area contributed by atoms with Crippen LogP contribution in [0.3, 0.4) is 0 Å². The number of anilines is 2. The Hall–Kier alpha value is -1.61. The number of benzene rings is 1. The summed E-state index contributed by atoms with van der Waals surface area (Å²) in [5.41, 5.74) is 3.62. The van der Waals surface area contributed by atoms with Gasteiger partial charge in [0.25, 0.3) is 0 Å². The third-order valence-electron chi connectivity index (χ3n) is 3.47. The van der Waals surface area contributed by atoms with Crippen molar-refractivity contribution in [3.63, 3.8) is 0 Å². The van der Waals surface area contributed by atoms with E-state index in [0.29, 0.717) is 5.88 Å². The zero-order chi connectivity index (χ0) is 13.2. The van der Waals surface area contributed by atoms with E-state index in [1.54, 1.807) is 0 Å². The number of para-hydroxylation sites is 1. The predicted octanol–water partition coefficient (Wildman–Crippen LogP) is 3.61. The minimum absolute atomic E-state index is 0.439. The molecule has 3 rings (SSSR count). The number of hydrogen-bond acceptors (Lipinski definition) is 3. The van der Waals surface area contributed by atoms with E-state index in [-0.39, 0.29) is 0 Å². The minimum atomic E-state index is 0.439. The maximum absolute atomic E-state index is 6.02. The van der Waals surface area contributed by atoms with Gasteiger partial charge in [-0.05, 0) is 31.4 Å². The lowest BCUT2D eigenvalue weighted by Crippen LogP contribution is -2.26. The Bertz CT molecular complexity index is 598. The van der Waals surface area contributed by atoms with Gasteiger partial charge in [0.05, 0.1) is 5.88 Å². The summed E-state index contributed by atoms with van der Waals surface area (Å²) in [4.78, 5) is 11.1. The molecule has 0 amide bonds. The Kier molecular flexibility index (Phi) is 3.38. The lowest BCUT2D eigenvalue weighted by molar-refractivity contribution is 0.753. The molecule has 4 heteroatoms. The van der Waals surface area contributed by atoms with Crippen LogP contribution in [-0.2, 0) is 12.3 Å². The van der Waals surface area contributed by atoms with Gasteiger partial charge >= 0.3 is 0 Å². The lowest BCUT2D eigenvalue weighted by Gasteiger charge is -2.31. The molecular weight excluding hydrogens is 258 g/mol. The van der Waals surface area contributed by atoms with Crippen LogP contribution in [0, 0.1) is 6.92 Å². The van der Waals surface area contributed by atoms with E-state index in [9.17, 15) is 0 Å². The number of rotatable bonds is 2. The van der Waals surface area contributed by atoms with Crippen molar-refractivity contribution in [1.29, 1.82) is 0 Å². The standard InChI is InChI=1S/C15H16ClN3/c1-11-17-10-13(9-16)15(18-11)19-8-4-6-12-5-2-3-7-14(12)19/h2-3,5,7,10H,4,6,8-9H2,1H3. The molecule has 0 N–H and O–H groups in total. The number of aryl methyl sites for hydroxylation is 2. The number of aromatic nitrogens is 2. The molecule has 2 aromatic rings. The van der Waals surface area contributed by atoms with Gasteiger partial charge in [-0.15, -0.1) is 11.6 Å². The van der Waals surface area contributed by atoms with Crippen molar-refractivity contribution in [3.05, 3.63) is 47.4 Å². The van der Waals surface area contributed by atoms with Crippen LogP contribution in [0.15, 0.2) is 30.5 Å². The first-order chi connectivity index (χ1) is 9.29. The molecule has 0 radical (unpaired) electrons.